The van der Waals surface area contributed by atoms with Crippen molar-refractivity contribution in [1.82, 2.24) is 0 Å². The van der Waals surface area contributed by atoms with Crippen LogP contribution in [0.15, 0.2) is 0 Å². The van der Waals surface area contributed by atoms with Crippen LogP contribution in [0, 0.1) is 5.92 Å². The third kappa shape index (κ3) is 61.6. The van der Waals surface area contributed by atoms with Crippen molar-refractivity contribution >= 4 is 39.5 Å². The fourth-order valence-electron chi connectivity index (χ4n) is 10.4. The molecule has 0 aliphatic rings. The molecule has 88 heavy (non-hydrogen) atoms. The van der Waals surface area contributed by atoms with Gasteiger partial charge in [0.1, 0.15) is 19.3 Å². The van der Waals surface area contributed by atoms with E-state index in [1.807, 2.05) is 0 Å². The van der Waals surface area contributed by atoms with Gasteiger partial charge in [-0.2, -0.15) is 0 Å². The lowest BCUT2D eigenvalue weighted by molar-refractivity contribution is -0.161. The molecule has 19 heteroatoms. The van der Waals surface area contributed by atoms with Gasteiger partial charge in [-0.25, -0.2) is 9.13 Å². The first kappa shape index (κ1) is 86.1. The average molecular weight is 1300 g/mol. The van der Waals surface area contributed by atoms with Gasteiger partial charge in [0.15, 0.2) is 12.2 Å². The lowest BCUT2D eigenvalue weighted by atomic mass is 10.00. The molecule has 3 unspecified atom stereocenters. The summed E-state index contributed by atoms with van der Waals surface area (Å²) in [5.41, 5.74) is 0. The van der Waals surface area contributed by atoms with Crippen LogP contribution in [-0.2, 0) is 65.4 Å². The van der Waals surface area contributed by atoms with E-state index in [2.05, 4.69) is 34.6 Å². The van der Waals surface area contributed by atoms with Crippen molar-refractivity contribution < 1.29 is 80.2 Å². The van der Waals surface area contributed by atoms with Crippen LogP contribution in [0.2, 0.25) is 0 Å². The number of unbranched alkanes of at least 4 members (excludes halogenated alkanes) is 40. The maximum Gasteiger partial charge on any atom is 0.472 e. The standard InChI is InChI=1S/C69H134O17P2/c1-6-10-13-16-19-22-24-26-27-28-30-32-35-38-44-49-54-68(73)85-64(58-80-67(72)53-48-43-37-34-31-29-25-23-20-17-14-11-7-2)60-83-87(75,76)81-56-63(70)57-82-88(77,78)84-61-65(59-79-66(71)52-47-42-36-33-21-18-15-12-8-3)86-69(74)55-50-45-40-39-41-46-51-62(5)9-4/h62-65,70H,6-61H2,1-5H3,(H,75,76)(H,77,78)/t62?,63-,64-,65-/m1/s1. The van der Waals surface area contributed by atoms with E-state index in [1.54, 1.807) is 0 Å². The lowest BCUT2D eigenvalue weighted by Gasteiger charge is -2.21. The predicted octanol–water partition coefficient (Wildman–Crippen LogP) is 19.7. The second-order valence-corrected chi connectivity index (χ2v) is 28.1. The van der Waals surface area contributed by atoms with Crippen LogP contribution in [0.5, 0.6) is 0 Å². The quantitative estimate of drug-likeness (QED) is 0.0222. The summed E-state index contributed by atoms with van der Waals surface area (Å²) in [5.74, 6) is -1.41. The van der Waals surface area contributed by atoms with Gasteiger partial charge in [-0.15, -0.1) is 0 Å². The summed E-state index contributed by atoms with van der Waals surface area (Å²) in [6, 6.07) is 0. The second-order valence-electron chi connectivity index (χ2n) is 25.2. The fraction of sp³-hybridized carbons (Fsp3) is 0.942. The van der Waals surface area contributed by atoms with Crippen molar-refractivity contribution in [2.45, 2.75) is 374 Å². The van der Waals surface area contributed by atoms with E-state index < -0.39 is 97.5 Å². The van der Waals surface area contributed by atoms with Crippen LogP contribution in [0.4, 0.5) is 0 Å². The third-order valence-corrected chi connectivity index (χ3v) is 18.3. The Morgan fingerprint density at radius 3 is 0.807 bits per heavy atom. The molecule has 0 radical (unpaired) electrons. The summed E-state index contributed by atoms with van der Waals surface area (Å²) >= 11 is 0. The average Bonchev–Trinajstić information content (AvgIpc) is 3.63. The smallest absolute Gasteiger partial charge is 0.462 e. The normalized spacial score (nSPS) is 14.4. The highest BCUT2D eigenvalue weighted by molar-refractivity contribution is 7.47. The van der Waals surface area contributed by atoms with Crippen LogP contribution in [0.25, 0.3) is 0 Å². The van der Waals surface area contributed by atoms with E-state index in [4.69, 9.17) is 37.0 Å². The first-order valence-corrected chi connectivity index (χ1v) is 39.2. The number of aliphatic hydroxyl groups excluding tert-OH is 1. The highest BCUT2D eigenvalue weighted by Crippen LogP contribution is 2.45. The Kier molecular flexibility index (Phi) is 61.1. The molecule has 0 bridgehead atoms. The van der Waals surface area contributed by atoms with Crippen LogP contribution in [-0.4, -0.2) is 96.7 Å². The first-order valence-electron chi connectivity index (χ1n) is 36.2. The van der Waals surface area contributed by atoms with Crippen molar-refractivity contribution in [3.05, 3.63) is 0 Å². The van der Waals surface area contributed by atoms with E-state index in [-0.39, 0.29) is 25.7 Å². The molecule has 0 fully saturated rings. The molecular weight excluding hydrogens is 1160 g/mol. The van der Waals surface area contributed by atoms with Gasteiger partial charge in [0.25, 0.3) is 0 Å². The number of carbonyl (C=O) groups excluding carboxylic acids is 4. The number of aliphatic hydroxyl groups is 1. The molecule has 0 saturated carbocycles. The van der Waals surface area contributed by atoms with Crippen LogP contribution in [0.1, 0.15) is 356 Å². The molecule has 0 aromatic rings. The Balaban J connectivity index is 5.23. The third-order valence-electron chi connectivity index (χ3n) is 16.4. The zero-order chi connectivity index (χ0) is 64.9. The zero-order valence-corrected chi connectivity index (χ0v) is 58.6. The highest BCUT2D eigenvalue weighted by Gasteiger charge is 2.30. The topological polar surface area (TPSA) is 237 Å². The van der Waals surface area contributed by atoms with Gasteiger partial charge in [0, 0.05) is 25.7 Å². The Labute approximate surface area is 537 Å². The number of hydrogen-bond acceptors (Lipinski definition) is 15. The zero-order valence-electron chi connectivity index (χ0n) is 56.9. The van der Waals surface area contributed by atoms with E-state index >= 15 is 0 Å². The molecule has 0 aliphatic heterocycles. The molecule has 0 aromatic carbocycles. The summed E-state index contributed by atoms with van der Waals surface area (Å²) in [6.45, 7) is 7.18. The lowest BCUT2D eigenvalue weighted by Crippen LogP contribution is -2.30. The van der Waals surface area contributed by atoms with Crippen LogP contribution in [0.3, 0.4) is 0 Å². The summed E-state index contributed by atoms with van der Waals surface area (Å²) in [5, 5.41) is 10.6. The van der Waals surface area contributed by atoms with Crippen molar-refractivity contribution in [3.63, 3.8) is 0 Å². The van der Waals surface area contributed by atoms with Crippen LogP contribution >= 0.6 is 15.6 Å². The minimum atomic E-state index is -4.95. The number of phosphoric ester groups is 2. The Hall–Kier alpha value is -1.94. The monoisotopic (exact) mass is 1300 g/mol. The van der Waals surface area contributed by atoms with Gasteiger partial charge in [0.2, 0.25) is 0 Å². The maximum absolute atomic E-state index is 13.0. The molecule has 0 aromatic heterocycles. The van der Waals surface area contributed by atoms with Gasteiger partial charge < -0.3 is 33.8 Å². The van der Waals surface area contributed by atoms with Gasteiger partial charge in [-0.3, -0.25) is 37.3 Å². The second kappa shape index (κ2) is 62.5. The molecule has 0 rings (SSSR count). The van der Waals surface area contributed by atoms with Crippen molar-refractivity contribution in [3.8, 4) is 0 Å². The van der Waals surface area contributed by atoms with E-state index in [0.29, 0.717) is 25.7 Å². The number of esters is 4. The Morgan fingerprint density at radius 1 is 0.318 bits per heavy atom. The first-order chi connectivity index (χ1) is 42.6. The number of ether oxygens (including phenoxy) is 4. The molecule has 522 valence electrons. The Morgan fingerprint density at radius 2 is 0.545 bits per heavy atom. The van der Waals surface area contributed by atoms with Gasteiger partial charge >= 0.3 is 39.5 Å². The molecule has 17 nitrogen and oxygen atoms in total. The molecule has 0 aliphatic carbocycles. The Bertz CT molecular complexity index is 1710. The molecule has 0 amide bonds. The summed E-state index contributed by atoms with van der Waals surface area (Å²) < 4.78 is 68.2. The fourth-order valence-corrected chi connectivity index (χ4v) is 12.0. The number of rotatable bonds is 69. The largest absolute Gasteiger partial charge is 0.472 e. The number of carbonyl (C=O) groups is 4. The van der Waals surface area contributed by atoms with E-state index in [0.717, 1.165) is 95.8 Å². The van der Waals surface area contributed by atoms with Gasteiger partial charge in [0.05, 0.1) is 26.4 Å². The van der Waals surface area contributed by atoms with E-state index in [9.17, 15) is 43.2 Å². The molecule has 0 spiro atoms. The van der Waals surface area contributed by atoms with Crippen molar-refractivity contribution in [2.75, 3.05) is 39.6 Å². The molecule has 0 heterocycles. The molecule has 0 saturated heterocycles. The highest BCUT2D eigenvalue weighted by atomic mass is 31.2. The molecule has 6 atom stereocenters. The molecular formula is C69H134O17P2. The predicted molar refractivity (Wildman–Crippen MR) is 354 cm³/mol. The van der Waals surface area contributed by atoms with Gasteiger partial charge in [-0.1, -0.05) is 304 Å². The molecule has 3 N–H and O–H groups in total. The van der Waals surface area contributed by atoms with Gasteiger partial charge in [-0.05, 0) is 31.6 Å². The summed E-state index contributed by atoms with van der Waals surface area (Å²) in [7, 11) is -9.89. The minimum absolute atomic E-state index is 0.103. The SMILES string of the molecule is CCCCCCCCCCCCCCCCCCC(=O)O[C@H](COC(=O)CCCCCCCCCCCCCCC)COP(=O)(O)OC[C@@H](O)COP(=O)(O)OC[C@@H](COC(=O)CCCCCCCCCCC)OC(=O)CCCCCCCCC(C)CC. The van der Waals surface area contributed by atoms with E-state index in [1.165, 1.54) is 180 Å². The number of hydrogen-bond donors (Lipinski definition) is 3. The number of phosphoric acid groups is 2. The summed E-state index contributed by atoms with van der Waals surface area (Å²) in [6.07, 6.45) is 48.5. The summed E-state index contributed by atoms with van der Waals surface area (Å²) in [4.78, 5) is 72.4. The van der Waals surface area contributed by atoms with Crippen LogP contribution < -0.4 is 0 Å². The van der Waals surface area contributed by atoms with Crippen molar-refractivity contribution in [1.29, 1.82) is 0 Å². The minimum Gasteiger partial charge on any atom is -0.462 e. The maximum atomic E-state index is 13.0. The van der Waals surface area contributed by atoms with Crippen molar-refractivity contribution in [2.24, 2.45) is 5.92 Å².